The van der Waals surface area contributed by atoms with Gasteiger partial charge in [0.25, 0.3) is 0 Å². The number of benzene rings is 1. The van der Waals surface area contributed by atoms with E-state index in [1.807, 2.05) is 10.0 Å². The van der Waals surface area contributed by atoms with Gasteiger partial charge in [-0.25, -0.2) is 13.1 Å². The summed E-state index contributed by atoms with van der Waals surface area (Å²) in [6, 6.07) is 3.32. The molecule has 12 heteroatoms. The van der Waals surface area contributed by atoms with Crippen LogP contribution in [0.25, 0.3) is 0 Å². The van der Waals surface area contributed by atoms with Crippen LogP contribution < -0.4 is 14.8 Å². The van der Waals surface area contributed by atoms with Gasteiger partial charge in [-0.2, -0.15) is 0 Å². The van der Waals surface area contributed by atoms with Crippen molar-refractivity contribution in [3.8, 4) is 5.75 Å². The highest BCUT2D eigenvalue weighted by Gasteiger charge is 2.31. The number of amides is 1. The molecule has 0 aliphatic heterocycles. The van der Waals surface area contributed by atoms with Crippen LogP contribution in [0.15, 0.2) is 29.2 Å². The Morgan fingerprint density at radius 1 is 1.13 bits per heavy atom. The van der Waals surface area contributed by atoms with Crippen molar-refractivity contribution >= 4 is 21.9 Å². The van der Waals surface area contributed by atoms with Gasteiger partial charge in [-0.05, 0) is 24.3 Å². The first-order valence-electron chi connectivity index (χ1n) is 5.83. The Bertz CT molecular complexity index is 672. The molecule has 0 spiro atoms. The summed E-state index contributed by atoms with van der Waals surface area (Å²) in [5.41, 5.74) is 0. The zero-order chi connectivity index (χ0) is 17.7. The lowest BCUT2D eigenvalue weighted by molar-refractivity contribution is -0.274. The van der Waals surface area contributed by atoms with Crippen molar-refractivity contribution in [2.45, 2.75) is 11.3 Å². The Morgan fingerprint density at radius 2 is 1.70 bits per heavy atom. The third-order valence-electron chi connectivity index (χ3n) is 2.23. The molecule has 0 bridgehead atoms. The van der Waals surface area contributed by atoms with E-state index in [1.54, 1.807) is 0 Å². The van der Waals surface area contributed by atoms with E-state index >= 15 is 0 Å². The minimum absolute atomic E-state index is 0.391. The molecule has 1 amide bonds. The fraction of sp³-hybridized carbons (Fsp3) is 0.273. The highest BCUT2D eigenvalue weighted by Crippen LogP contribution is 2.23. The normalized spacial score (nSPS) is 11.8. The fourth-order valence-corrected chi connectivity index (χ4v) is 2.28. The molecule has 0 radical (unpaired) electrons. The number of ether oxygens (including phenoxy) is 1. The molecule has 0 aromatic heterocycles. The molecule has 0 aliphatic carbocycles. The summed E-state index contributed by atoms with van der Waals surface area (Å²) < 4.78 is 65.0. The first-order valence-corrected chi connectivity index (χ1v) is 7.32. The molecule has 1 aromatic rings. The molecule has 0 unspecified atom stereocenters. The molecule has 0 fully saturated rings. The van der Waals surface area contributed by atoms with Gasteiger partial charge >= 0.3 is 12.3 Å². The maximum Gasteiger partial charge on any atom is 0.573 e. The minimum atomic E-state index is -4.90. The smallest absolute Gasteiger partial charge is 0.480 e. The lowest BCUT2D eigenvalue weighted by Gasteiger charge is -2.10. The summed E-state index contributed by atoms with van der Waals surface area (Å²) in [4.78, 5) is 21.0. The highest BCUT2D eigenvalue weighted by molar-refractivity contribution is 7.89. The maximum atomic E-state index is 12.0. The summed E-state index contributed by atoms with van der Waals surface area (Å²) in [5, 5.41) is 10.3. The first-order chi connectivity index (χ1) is 10.5. The van der Waals surface area contributed by atoms with Crippen LogP contribution in [-0.2, 0) is 19.6 Å². The van der Waals surface area contributed by atoms with Crippen LogP contribution in [0.1, 0.15) is 0 Å². The third-order valence-corrected chi connectivity index (χ3v) is 3.64. The molecular weight excluding hydrogens is 345 g/mol. The van der Waals surface area contributed by atoms with E-state index in [2.05, 4.69) is 4.74 Å². The predicted molar refractivity (Wildman–Crippen MR) is 69.0 cm³/mol. The van der Waals surface area contributed by atoms with Crippen LogP contribution in [0.2, 0.25) is 0 Å². The first kappa shape index (κ1) is 18.7. The topological polar surface area (TPSA) is 122 Å². The van der Waals surface area contributed by atoms with Gasteiger partial charge in [-0.3, -0.25) is 9.59 Å². The lowest BCUT2D eigenvalue weighted by Crippen LogP contribution is -2.38. The van der Waals surface area contributed by atoms with E-state index in [-0.39, 0.29) is 0 Å². The number of hydrogen-bond acceptors (Lipinski definition) is 5. The largest absolute Gasteiger partial charge is 0.573 e. The van der Waals surface area contributed by atoms with Crippen LogP contribution in [-0.4, -0.2) is 44.9 Å². The van der Waals surface area contributed by atoms with Crippen LogP contribution in [0.3, 0.4) is 0 Å². The molecule has 3 N–H and O–H groups in total. The van der Waals surface area contributed by atoms with Crippen LogP contribution in [0.5, 0.6) is 5.75 Å². The van der Waals surface area contributed by atoms with Crippen molar-refractivity contribution in [1.29, 1.82) is 0 Å². The number of alkyl halides is 3. The van der Waals surface area contributed by atoms with Gasteiger partial charge in [0.2, 0.25) is 15.9 Å². The average molecular weight is 356 g/mol. The van der Waals surface area contributed by atoms with Gasteiger partial charge < -0.3 is 15.2 Å². The van der Waals surface area contributed by atoms with Crippen LogP contribution >= 0.6 is 0 Å². The fourth-order valence-electron chi connectivity index (χ4n) is 1.30. The average Bonchev–Trinajstić information content (AvgIpc) is 2.42. The summed E-state index contributed by atoms with van der Waals surface area (Å²) >= 11 is 0. The van der Waals surface area contributed by atoms with E-state index in [0.717, 1.165) is 24.3 Å². The maximum absolute atomic E-state index is 12.0. The van der Waals surface area contributed by atoms with E-state index in [9.17, 15) is 31.2 Å². The van der Waals surface area contributed by atoms with Crippen molar-refractivity contribution in [2.24, 2.45) is 0 Å². The van der Waals surface area contributed by atoms with Crippen molar-refractivity contribution in [1.82, 2.24) is 10.0 Å². The number of rotatable bonds is 7. The second kappa shape index (κ2) is 7.28. The second-order valence-electron chi connectivity index (χ2n) is 4.01. The Kier molecular flexibility index (Phi) is 5.92. The number of carboxylic acids is 1. The molecular formula is C11H11F3N2O6S. The zero-order valence-corrected chi connectivity index (χ0v) is 12.1. The van der Waals surface area contributed by atoms with Gasteiger partial charge in [0.05, 0.1) is 11.4 Å². The number of carbonyl (C=O) groups excluding carboxylic acids is 1. The summed E-state index contributed by atoms with van der Waals surface area (Å²) in [7, 11) is -4.15. The van der Waals surface area contributed by atoms with Crippen molar-refractivity contribution in [2.75, 3.05) is 13.1 Å². The Morgan fingerprint density at radius 3 is 2.17 bits per heavy atom. The molecule has 0 aliphatic rings. The second-order valence-corrected chi connectivity index (χ2v) is 5.78. The van der Waals surface area contributed by atoms with Gasteiger partial charge in [-0.15, -0.1) is 13.2 Å². The van der Waals surface area contributed by atoms with E-state index in [1.165, 1.54) is 0 Å². The number of aliphatic carboxylic acids is 1. The predicted octanol–water partition coefficient (Wildman–Crippen LogP) is 0.0643. The monoisotopic (exact) mass is 356 g/mol. The molecule has 0 saturated carbocycles. The van der Waals surface area contributed by atoms with Gasteiger partial charge in [0, 0.05) is 0 Å². The molecule has 1 rings (SSSR count). The molecule has 1 aromatic carbocycles. The molecule has 0 heterocycles. The number of hydrogen-bond donors (Lipinski definition) is 3. The standard InChI is InChI=1S/C11H11F3N2O6S/c12-11(13,14)22-7-1-3-8(4-2-7)23(20,21)16-5-9(17)15-6-10(18)19/h1-4,16H,5-6H2,(H,15,17)(H,18,19). The molecule has 0 saturated heterocycles. The van der Waals surface area contributed by atoms with Gasteiger partial charge in [-0.1, -0.05) is 0 Å². The SMILES string of the molecule is O=C(O)CNC(=O)CNS(=O)(=O)c1ccc(OC(F)(F)F)cc1. The summed E-state index contributed by atoms with van der Waals surface area (Å²) in [6.07, 6.45) is -4.90. The van der Waals surface area contributed by atoms with E-state index < -0.39 is 52.0 Å². The minimum Gasteiger partial charge on any atom is -0.480 e. The number of carbonyl (C=O) groups is 2. The number of nitrogens with one attached hydrogen (secondary N) is 2. The van der Waals surface area contributed by atoms with Gasteiger partial charge in [0.15, 0.2) is 0 Å². The summed E-state index contributed by atoms with van der Waals surface area (Å²) in [5.74, 6) is -2.79. The molecule has 8 nitrogen and oxygen atoms in total. The Labute approximate surface area is 128 Å². The Balaban J connectivity index is 2.66. The lowest BCUT2D eigenvalue weighted by atomic mass is 10.3. The van der Waals surface area contributed by atoms with Crippen LogP contribution in [0.4, 0.5) is 13.2 Å². The molecule has 23 heavy (non-hydrogen) atoms. The number of halogens is 3. The highest BCUT2D eigenvalue weighted by atomic mass is 32.2. The molecule has 0 atom stereocenters. The van der Waals surface area contributed by atoms with Crippen LogP contribution in [0, 0.1) is 0 Å². The number of sulfonamides is 1. The third kappa shape index (κ3) is 6.97. The quantitative estimate of drug-likeness (QED) is 0.635. The summed E-state index contributed by atoms with van der Waals surface area (Å²) in [6.45, 7) is -1.40. The van der Waals surface area contributed by atoms with E-state index in [0.29, 0.717) is 0 Å². The Hall–Kier alpha value is -2.34. The van der Waals surface area contributed by atoms with Gasteiger partial charge in [0.1, 0.15) is 12.3 Å². The molecule has 128 valence electrons. The van der Waals surface area contributed by atoms with E-state index in [4.69, 9.17) is 5.11 Å². The van der Waals surface area contributed by atoms with Crippen molar-refractivity contribution in [3.63, 3.8) is 0 Å². The zero-order valence-electron chi connectivity index (χ0n) is 11.3. The number of carboxylic acid groups (broad SMARTS) is 1. The van der Waals surface area contributed by atoms with Crippen molar-refractivity contribution < 1.29 is 41.0 Å². The van der Waals surface area contributed by atoms with Crippen molar-refractivity contribution in [3.05, 3.63) is 24.3 Å².